The molecule has 1 saturated carbocycles. The average Bonchev–Trinajstić information content (AvgIpc) is 2.83. The first kappa shape index (κ1) is 16.7. The number of aromatic nitrogens is 3. The Bertz CT molecular complexity index is 534. The van der Waals surface area contributed by atoms with E-state index in [-0.39, 0.29) is 11.5 Å². The van der Waals surface area contributed by atoms with Gasteiger partial charge in [0.05, 0.1) is 30.9 Å². The van der Waals surface area contributed by atoms with Crippen molar-refractivity contribution < 1.29 is 9.53 Å². The molecule has 22 heavy (non-hydrogen) atoms. The number of hydrogen-bond donors (Lipinski definition) is 0. The molecule has 2 rings (SSSR count). The first-order valence-corrected chi connectivity index (χ1v) is 7.99. The molecule has 1 aromatic rings. The predicted octanol–water partition coefficient (Wildman–Crippen LogP) is 2.08. The van der Waals surface area contributed by atoms with E-state index in [1.165, 1.54) is 6.08 Å². The van der Waals surface area contributed by atoms with Gasteiger partial charge in [0.1, 0.15) is 5.69 Å². The third-order valence-electron chi connectivity index (χ3n) is 4.22. The summed E-state index contributed by atoms with van der Waals surface area (Å²) in [6, 6.07) is 0. The van der Waals surface area contributed by atoms with Gasteiger partial charge in [0.15, 0.2) is 0 Å². The van der Waals surface area contributed by atoms with Gasteiger partial charge in [-0.05, 0) is 46.1 Å². The van der Waals surface area contributed by atoms with Crippen molar-refractivity contribution in [3.05, 3.63) is 24.0 Å². The van der Waals surface area contributed by atoms with Gasteiger partial charge in [0.2, 0.25) is 5.91 Å². The number of hydrogen-bond acceptors (Lipinski definition) is 4. The zero-order chi connectivity index (χ0) is 16.2. The van der Waals surface area contributed by atoms with Crippen molar-refractivity contribution in [1.29, 1.82) is 0 Å². The molecule has 0 bridgehead atoms. The zero-order valence-corrected chi connectivity index (χ0v) is 13.8. The summed E-state index contributed by atoms with van der Waals surface area (Å²) in [7, 11) is 0. The van der Waals surface area contributed by atoms with Crippen LogP contribution < -0.4 is 0 Å². The smallest absolute Gasteiger partial charge is 0.246 e. The van der Waals surface area contributed by atoms with Gasteiger partial charge in [-0.25, -0.2) is 0 Å². The number of carbonyl (C=O) groups is 1. The van der Waals surface area contributed by atoms with Crippen LogP contribution in [0.3, 0.4) is 0 Å². The fraction of sp³-hybridized carbons (Fsp3) is 0.688. The van der Waals surface area contributed by atoms with Crippen molar-refractivity contribution in [3.63, 3.8) is 0 Å². The highest BCUT2D eigenvalue weighted by Crippen LogP contribution is 2.36. The van der Waals surface area contributed by atoms with Crippen LogP contribution in [0.15, 0.2) is 12.7 Å². The fourth-order valence-corrected chi connectivity index (χ4v) is 2.85. The van der Waals surface area contributed by atoms with E-state index in [4.69, 9.17) is 4.74 Å². The lowest BCUT2D eigenvalue weighted by atomic mass is 9.79. The standard InChI is InChI=1S/C16H26N4O2/c1-5-15(21)19(12-16(22-7-3)9-8-10-16)11-14-13(4)17-20(6-2)18-14/h5H,1,6-12H2,2-4H3. The van der Waals surface area contributed by atoms with Crippen molar-refractivity contribution in [2.45, 2.75) is 58.7 Å². The first-order valence-electron chi connectivity index (χ1n) is 7.99. The van der Waals surface area contributed by atoms with Crippen LogP contribution in [0.2, 0.25) is 0 Å². The summed E-state index contributed by atoms with van der Waals surface area (Å²) in [6.45, 7) is 12.0. The number of carbonyl (C=O) groups excluding carboxylic acids is 1. The summed E-state index contributed by atoms with van der Waals surface area (Å²) in [6.07, 6.45) is 4.52. The van der Waals surface area contributed by atoms with E-state index in [0.717, 1.165) is 37.2 Å². The maximum atomic E-state index is 12.2. The van der Waals surface area contributed by atoms with Crippen LogP contribution in [0.1, 0.15) is 44.5 Å². The Morgan fingerprint density at radius 2 is 2.18 bits per heavy atom. The molecule has 122 valence electrons. The molecule has 1 aromatic heterocycles. The Morgan fingerprint density at radius 1 is 1.45 bits per heavy atom. The Hall–Kier alpha value is -1.69. The van der Waals surface area contributed by atoms with Crippen LogP contribution in [-0.2, 0) is 22.6 Å². The van der Waals surface area contributed by atoms with Crippen LogP contribution in [-0.4, -0.2) is 44.6 Å². The molecule has 0 unspecified atom stereocenters. The van der Waals surface area contributed by atoms with Crippen molar-refractivity contribution in [2.75, 3.05) is 13.2 Å². The predicted molar refractivity (Wildman–Crippen MR) is 84.3 cm³/mol. The molecule has 1 aliphatic rings. The van der Waals surface area contributed by atoms with Gasteiger partial charge in [-0.2, -0.15) is 15.0 Å². The van der Waals surface area contributed by atoms with E-state index in [1.807, 2.05) is 20.8 Å². The van der Waals surface area contributed by atoms with Gasteiger partial charge in [-0.1, -0.05) is 6.58 Å². The summed E-state index contributed by atoms with van der Waals surface area (Å²) in [4.78, 5) is 15.7. The SMILES string of the molecule is C=CC(=O)N(Cc1nn(CC)nc1C)CC1(OCC)CCC1. The van der Waals surface area contributed by atoms with Crippen molar-refractivity contribution >= 4 is 5.91 Å². The van der Waals surface area contributed by atoms with Crippen LogP contribution in [0.5, 0.6) is 0 Å². The van der Waals surface area contributed by atoms with Crippen LogP contribution in [0.4, 0.5) is 0 Å². The second-order valence-electron chi connectivity index (χ2n) is 5.79. The molecule has 0 saturated heterocycles. The summed E-state index contributed by atoms with van der Waals surface area (Å²) < 4.78 is 5.92. The summed E-state index contributed by atoms with van der Waals surface area (Å²) in [5.74, 6) is -0.0866. The van der Waals surface area contributed by atoms with Gasteiger partial charge < -0.3 is 9.64 Å². The minimum Gasteiger partial charge on any atom is -0.373 e. The second-order valence-corrected chi connectivity index (χ2v) is 5.79. The van der Waals surface area contributed by atoms with Crippen LogP contribution in [0, 0.1) is 6.92 Å². The molecule has 1 heterocycles. The Kier molecular flexibility index (Phi) is 5.34. The molecule has 6 heteroatoms. The number of nitrogens with zero attached hydrogens (tertiary/aromatic N) is 4. The van der Waals surface area contributed by atoms with E-state index < -0.39 is 0 Å². The molecule has 0 aromatic carbocycles. The van der Waals surface area contributed by atoms with E-state index in [0.29, 0.717) is 19.7 Å². The Morgan fingerprint density at radius 3 is 2.64 bits per heavy atom. The quantitative estimate of drug-likeness (QED) is 0.690. The lowest BCUT2D eigenvalue weighted by Crippen LogP contribution is -2.51. The fourth-order valence-electron chi connectivity index (χ4n) is 2.85. The highest BCUT2D eigenvalue weighted by molar-refractivity contribution is 5.87. The molecular weight excluding hydrogens is 280 g/mol. The Labute approximate surface area is 132 Å². The molecule has 1 aliphatic carbocycles. The highest BCUT2D eigenvalue weighted by Gasteiger charge is 2.40. The molecule has 6 nitrogen and oxygen atoms in total. The summed E-state index contributed by atoms with van der Waals surface area (Å²) >= 11 is 0. The van der Waals surface area contributed by atoms with Gasteiger partial charge in [-0.15, -0.1) is 0 Å². The first-order chi connectivity index (χ1) is 10.5. The zero-order valence-electron chi connectivity index (χ0n) is 13.8. The topological polar surface area (TPSA) is 60.2 Å². The van der Waals surface area contributed by atoms with Gasteiger partial charge in [0, 0.05) is 6.61 Å². The highest BCUT2D eigenvalue weighted by atomic mass is 16.5. The average molecular weight is 306 g/mol. The van der Waals surface area contributed by atoms with Gasteiger partial charge in [0.25, 0.3) is 0 Å². The third-order valence-corrected chi connectivity index (χ3v) is 4.22. The molecule has 0 spiro atoms. The van der Waals surface area contributed by atoms with E-state index >= 15 is 0 Å². The molecule has 1 fully saturated rings. The van der Waals surface area contributed by atoms with Crippen molar-refractivity contribution in [3.8, 4) is 0 Å². The van der Waals surface area contributed by atoms with Crippen LogP contribution >= 0.6 is 0 Å². The lowest BCUT2D eigenvalue weighted by molar-refractivity contribution is -0.141. The molecular formula is C16H26N4O2. The van der Waals surface area contributed by atoms with Gasteiger partial charge in [-0.3, -0.25) is 4.79 Å². The summed E-state index contributed by atoms with van der Waals surface area (Å²) in [5, 5.41) is 8.79. The van der Waals surface area contributed by atoms with Crippen molar-refractivity contribution in [1.82, 2.24) is 19.9 Å². The Balaban J connectivity index is 2.14. The molecule has 1 amide bonds. The molecule has 0 radical (unpaired) electrons. The molecule has 0 atom stereocenters. The molecule has 0 aliphatic heterocycles. The van der Waals surface area contributed by atoms with E-state index in [1.54, 1.807) is 9.70 Å². The largest absolute Gasteiger partial charge is 0.373 e. The molecule has 0 N–H and O–H groups in total. The number of ether oxygens (including phenoxy) is 1. The number of aryl methyl sites for hydroxylation is 2. The second kappa shape index (κ2) is 7.05. The monoisotopic (exact) mass is 306 g/mol. The maximum absolute atomic E-state index is 12.2. The van der Waals surface area contributed by atoms with Gasteiger partial charge >= 0.3 is 0 Å². The summed E-state index contributed by atoms with van der Waals surface area (Å²) in [5.41, 5.74) is 1.51. The lowest BCUT2D eigenvalue weighted by Gasteiger charge is -2.44. The minimum atomic E-state index is -0.192. The van der Waals surface area contributed by atoms with Crippen molar-refractivity contribution in [2.24, 2.45) is 0 Å². The minimum absolute atomic E-state index is 0.0866. The maximum Gasteiger partial charge on any atom is 0.246 e. The number of amides is 1. The normalized spacial score (nSPS) is 16.1. The van der Waals surface area contributed by atoms with E-state index in [9.17, 15) is 4.79 Å². The van der Waals surface area contributed by atoms with Crippen LogP contribution in [0.25, 0.3) is 0 Å². The number of rotatable bonds is 8. The van der Waals surface area contributed by atoms with E-state index in [2.05, 4.69) is 16.8 Å². The third kappa shape index (κ3) is 3.55.